The molecule has 1 fully saturated rings. The van der Waals surface area contributed by atoms with Crippen molar-refractivity contribution in [1.82, 2.24) is 0 Å². The predicted molar refractivity (Wildman–Crippen MR) is 69.8 cm³/mol. The molecule has 0 bridgehead atoms. The van der Waals surface area contributed by atoms with Crippen LogP contribution in [0.3, 0.4) is 0 Å². The van der Waals surface area contributed by atoms with E-state index in [0.717, 1.165) is 37.0 Å². The number of aryl methyl sites for hydroxylation is 1. The summed E-state index contributed by atoms with van der Waals surface area (Å²) >= 11 is 0. The minimum Gasteiger partial charge on any atom is -0.490 e. The van der Waals surface area contributed by atoms with Gasteiger partial charge in [0.05, 0.1) is 6.10 Å². The van der Waals surface area contributed by atoms with Crippen LogP contribution in [0.2, 0.25) is 0 Å². The Hall–Kier alpha value is -1.77. The molecule has 1 aliphatic rings. The van der Waals surface area contributed by atoms with Gasteiger partial charge in [-0.1, -0.05) is 23.3 Å². The van der Waals surface area contributed by atoms with Gasteiger partial charge in [-0.05, 0) is 44.7 Å². The van der Waals surface area contributed by atoms with E-state index in [1.54, 1.807) is 0 Å². The molecule has 1 N–H and O–H groups in total. The van der Waals surface area contributed by atoms with E-state index in [0.29, 0.717) is 0 Å². The molecule has 1 saturated carbocycles. The lowest BCUT2D eigenvalue weighted by Crippen LogP contribution is -2.21. The second-order valence-corrected chi connectivity index (χ2v) is 4.77. The van der Waals surface area contributed by atoms with Gasteiger partial charge in [0, 0.05) is 6.08 Å². The first-order valence-corrected chi connectivity index (χ1v) is 6.29. The minimum absolute atomic E-state index is 0.207. The van der Waals surface area contributed by atoms with Crippen LogP contribution in [0.15, 0.2) is 35.9 Å². The summed E-state index contributed by atoms with van der Waals surface area (Å²) in [6.45, 7) is 2.05. The molecule has 0 amide bonds. The summed E-state index contributed by atoms with van der Waals surface area (Å²) in [6, 6.07) is 8.04. The fraction of sp³-hybridized carbons (Fsp3) is 0.400. The summed E-state index contributed by atoms with van der Waals surface area (Å²) in [5.41, 5.74) is 2.24. The van der Waals surface area contributed by atoms with Crippen LogP contribution in [-0.4, -0.2) is 17.2 Å². The first-order chi connectivity index (χ1) is 8.63. The van der Waals surface area contributed by atoms with Crippen molar-refractivity contribution in [1.29, 1.82) is 0 Å². The molecule has 96 valence electrons. The zero-order valence-electron chi connectivity index (χ0n) is 10.6. The Morgan fingerprint density at radius 2 is 1.89 bits per heavy atom. The van der Waals surface area contributed by atoms with Crippen molar-refractivity contribution < 1.29 is 14.6 Å². The quantitative estimate of drug-likeness (QED) is 0.832. The number of carboxylic acid groups (broad SMARTS) is 1. The maximum atomic E-state index is 10.6. The van der Waals surface area contributed by atoms with Gasteiger partial charge in [0.25, 0.3) is 0 Å². The fourth-order valence-electron chi connectivity index (χ4n) is 2.21. The number of ether oxygens (including phenoxy) is 1. The van der Waals surface area contributed by atoms with E-state index < -0.39 is 5.97 Å². The third-order valence-corrected chi connectivity index (χ3v) is 3.23. The average molecular weight is 246 g/mol. The molecule has 0 unspecified atom stereocenters. The summed E-state index contributed by atoms with van der Waals surface area (Å²) in [5.74, 6) is 0.0548. The number of benzene rings is 1. The summed E-state index contributed by atoms with van der Waals surface area (Å²) < 4.78 is 5.89. The minimum atomic E-state index is -0.845. The smallest absolute Gasteiger partial charge is 0.328 e. The number of carboxylic acids is 1. The van der Waals surface area contributed by atoms with Gasteiger partial charge in [0.2, 0.25) is 0 Å². The van der Waals surface area contributed by atoms with Crippen LogP contribution in [-0.2, 0) is 4.79 Å². The van der Waals surface area contributed by atoms with Gasteiger partial charge in [-0.2, -0.15) is 0 Å². The molecule has 1 aromatic rings. The van der Waals surface area contributed by atoms with Crippen LogP contribution in [0.5, 0.6) is 5.75 Å². The molecule has 0 saturated heterocycles. The summed E-state index contributed by atoms with van der Waals surface area (Å²) in [4.78, 5) is 10.6. The third-order valence-electron chi connectivity index (χ3n) is 3.23. The summed E-state index contributed by atoms with van der Waals surface area (Å²) in [7, 11) is 0. The van der Waals surface area contributed by atoms with E-state index in [9.17, 15) is 4.79 Å². The van der Waals surface area contributed by atoms with E-state index in [1.165, 1.54) is 11.6 Å². The summed E-state index contributed by atoms with van der Waals surface area (Å²) in [5, 5.41) is 8.69. The molecular weight excluding hydrogens is 228 g/mol. The molecule has 18 heavy (non-hydrogen) atoms. The van der Waals surface area contributed by atoms with E-state index in [4.69, 9.17) is 9.84 Å². The Morgan fingerprint density at radius 1 is 1.28 bits per heavy atom. The molecule has 0 atom stereocenters. The molecule has 0 aromatic heterocycles. The van der Waals surface area contributed by atoms with Gasteiger partial charge in [0.15, 0.2) is 0 Å². The third kappa shape index (κ3) is 3.62. The van der Waals surface area contributed by atoms with E-state index >= 15 is 0 Å². The zero-order valence-corrected chi connectivity index (χ0v) is 10.6. The molecular formula is C15H18O3. The maximum Gasteiger partial charge on any atom is 0.328 e. The lowest BCUT2D eigenvalue weighted by molar-refractivity contribution is -0.131. The second-order valence-electron chi connectivity index (χ2n) is 4.77. The highest BCUT2D eigenvalue weighted by atomic mass is 16.5. The lowest BCUT2D eigenvalue weighted by Gasteiger charge is -2.24. The van der Waals surface area contributed by atoms with Crippen LogP contribution in [0, 0.1) is 6.92 Å². The Labute approximate surface area is 107 Å². The number of hydrogen-bond donors (Lipinski definition) is 1. The Bertz CT molecular complexity index is 435. The Kier molecular flexibility index (Phi) is 4.03. The lowest BCUT2D eigenvalue weighted by atomic mass is 9.92. The number of rotatable bonds is 3. The van der Waals surface area contributed by atoms with Crippen LogP contribution >= 0.6 is 0 Å². The van der Waals surface area contributed by atoms with Crippen LogP contribution in [0.1, 0.15) is 31.2 Å². The first kappa shape index (κ1) is 12.7. The molecule has 0 aliphatic heterocycles. The van der Waals surface area contributed by atoms with Crippen molar-refractivity contribution in [2.75, 3.05) is 0 Å². The van der Waals surface area contributed by atoms with Crippen molar-refractivity contribution in [3.8, 4) is 5.75 Å². The molecule has 0 radical (unpaired) electrons. The fourth-order valence-corrected chi connectivity index (χ4v) is 2.21. The van der Waals surface area contributed by atoms with Gasteiger partial charge in [-0.25, -0.2) is 4.79 Å². The van der Waals surface area contributed by atoms with E-state index in [2.05, 4.69) is 0 Å². The van der Waals surface area contributed by atoms with Crippen LogP contribution in [0.4, 0.5) is 0 Å². The van der Waals surface area contributed by atoms with Gasteiger partial charge in [-0.15, -0.1) is 0 Å². The SMILES string of the molecule is Cc1ccc(OC2CCC(=CC(=O)O)CC2)cc1. The number of hydrogen-bond acceptors (Lipinski definition) is 2. The molecule has 3 nitrogen and oxygen atoms in total. The van der Waals surface area contributed by atoms with E-state index in [-0.39, 0.29) is 6.10 Å². The van der Waals surface area contributed by atoms with Crippen LogP contribution in [0.25, 0.3) is 0 Å². The van der Waals surface area contributed by atoms with Gasteiger partial charge in [-0.3, -0.25) is 0 Å². The first-order valence-electron chi connectivity index (χ1n) is 6.29. The normalized spacial score (nSPS) is 19.4. The molecule has 2 rings (SSSR count). The zero-order chi connectivity index (χ0) is 13.0. The second kappa shape index (κ2) is 5.71. The maximum absolute atomic E-state index is 10.6. The Morgan fingerprint density at radius 3 is 2.44 bits per heavy atom. The topological polar surface area (TPSA) is 46.5 Å². The molecule has 1 aliphatic carbocycles. The van der Waals surface area contributed by atoms with Crippen molar-refractivity contribution in [3.63, 3.8) is 0 Å². The largest absolute Gasteiger partial charge is 0.490 e. The number of aliphatic carboxylic acids is 1. The predicted octanol–water partition coefficient (Wildman–Crippen LogP) is 3.33. The Balaban J connectivity index is 1.87. The highest BCUT2D eigenvalue weighted by Crippen LogP contribution is 2.27. The summed E-state index contributed by atoms with van der Waals surface area (Å²) in [6.07, 6.45) is 4.98. The van der Waals surface area contributed by atoms with E-state index in [1.807, 2.05) is 31.2 Å². The van der Waals surface area contributed by atoms with Gasteiger partial charge in [0.1, 0.15) is 5.75 Å². The molecule has 0 spiro atoms. The molecule has 0 heterocycles. The van der Waals surface area contributed by atoms with Crippen molar-refractivity contribution >= 4 is 5.97 Å². The standard InChI is InChI=1S/C15H18O3/c1-11-2-6-13(7-3-11)18-14-8-4-12(5-9-14)10-15(16)17/h2-3,6-7,10,14H,4-5,8-9H2,1H3,(H,16,17). The van der Waals surface area contributed by atoms with Crippen molar-refractivity contribution in [2.24, 2.45) is 0 Å². The van der Waals surface area contributed by atoms with Crippen molar-refractivity contribution in [2.45, 2.75) is 38.7 Å². The van der Waals surface area contributed by atoms with Crippen molar-refractivity contribution in [3.05, 3.63) is 41.5 Å². The monoisotopic (exact) mass is 246 g/mol. The molecule has 3 heteroatoms. The highest BCUT2D eigenvalue weighted by molar-refractivity contribution is 5.80. The van der Waals surface area contributed by atoms with Gasteiger partial charge >= 0.3 is 5.97 Å². The number of carbonyl (C=O) groups is 1. The molecule has 1 aromatic carbocycles. The van der Waals surface area contributed by atoms with Crippen LogP contribution < -0.4 is 4.74 Å². The average Bonchev–Trinajstić information content (AvgIpc) is 2.34. The highest BCUT2D eigenvalue weighted by Gasteiger charge is 2.18. The van der Waals surface area contributed by atoms with Gasteiger partial charge < -0.3 is 9.84 Å². The number of allylic oxidation sites excluding steroid dienone is 1.